The van der Waals surface area contributed by atoms with Crippen LogP contribution in [-0.4, -0.2) is 20.0 Å². The van der Waals surface area contributed by atoms with Gasteiger partial charge in [0.05, 0.1) is 24.3 Å². The van der Waals surface area contributed by atoms with Crippen molar-refractivity contribution in [1.82, 2.24) is 0 Å². The van der Waals surface area contributed by atoms with E-state index in [2.05, 4.69) is 31.9 Å². The maximum atomic E-state index is 13.6. The summed E-state index contributed by atoms with van der Waals surface area (Å²) in [5.74, 6) is 0.0492. The van der Waals surface area contributed by atoms with E-state index in [-0.39, 0.29) is 15.8 Å². The Labute approximate surface area is 138 Å². The molecule has 2 aromatic rings. The minimum absolute atomic E-state index is 0.125. The molecule has 0 aliphatic rings. The summed E-state index contributed by atoms with van der Waals surface area (Å²) in [6.07, 6.45) is 0. The van der Waals surface area contributed by atoms with Crippen molar-refractivity contribution >= 4 is 37.6 Å². The van der Waals surface area contributed by atoms with Gasteiger partial charge in [-0.1, -0.05) is 6.07 Å². The second-order valence-corrected chi connectivity index (χ2v) is 5.76. The topological polar surface area (TPSA) is 35.5 Å². The number of ether oxygens (including phenoxy) is 2. The van der Waals surface area contributed by atoms with Crippen molar-refractivity contribution < 1.29 is 18.7 Å². The van der Waals surface area contributed by atoms with Gasteiger partial charge in [-0.25, -0.2) is 4.39 Å². The molecule has 0 saturated heterocycles. The maximum Gasteiger partial charge on any atom is 0.199 e. The molecule has 0 atom stereocenters. The normalized spacial score (nSPS) is 10.3. The average molecular weight is 418 g/mol. The molecule has 2 rings (SSSR count). The zero-order chi connectivity index (χ0) is 15.6. The zero-order valence-electron chi connectivity index (χ0n) is 11.2. The van der Waals surface area contributed by atoms with Crippen molar-refractivity contribution in [3.63, 3.8) is 0 Å². The maximum absolute atomic E-state index is 13.6. The lowest BCUT2D eigenvalue weighted by molar-refractivity contribution is 0.103. The molecule has 0 bridgehead atoms. The predicted octanol–water partition coefficient (Wildman–Crippen LogP) is 4.60. The third kappa shape index (κ3) is 3.11. The van der Waals surface area contributed by atoms with Crippen LogP contribution in [0.5, 0.6) is 11.5 Å². The van der Waals surface area contributed by atoms with Crippen molar-refractivity contribution in [2.45, 2.75) is 0 Å². The van der Waals surface area contributed by atoms with Gasteiger partial charge in [-0.2, -0.15) is 0 Å². The lowest BCUT2D eigenvalue weighted by Gasteiger charge is -2.13. The van der Waals surface area contributed by atoms with Gasteiger partial charge in [0.2, 0.25) is 0 Å². The molecule has 0 spiro atoms. The first-order chi connectivity index (χ1) is 9.99. The number of ketones is 1. The minimum atomic E-state index is -0.496. The Morgan fingerprint density at radius 1 is 1.14 bits per heavy atom. The third-order valence-corrected chi connectivity index (χ3v) is 4.34. The van der Waals surface area contributed by atoms with Gasteiger partial charge >= 0.3 is 0 Å². The van der Waals surface area contributed by atoms with Crippen molar-refractivity contribution in [3.05, 3.63) is 56.2 Å². The van der Waals surface area contributed by atoms with Gasteiger partial charge in [0.1, 0.15) is 17.3 Å². The number of hydrogen-bond acceptors (Lipinski definition) is 3. The summed E-state index contributed by atoms with van der Waals surface area (Å²) in [5.41, 5.74) is 0.531. The highest BCUT2D eigenvalue weighted by molar-refractivity contribution is 9.11. The minimum Gasteiger partial charge on any atom is -0.497 e. The van der Waals surface area contributed by atoms with E-state index in [4.69, 9.17) is 9.47 Å². The summed E-state index contributed by atoms with van der Waals surface area (Å²) < 4.78 is 24.6. The highest BCUT2D eigenvalue weighted by Crippen LogP contribution is 2.35. The quantitative estimate of drug-likeness (QED) is 0.682. The van der Waals surface area contributed by atoms with Crippen LogP contribution in [0.4, 0.5) is 4.39 Å². The molecule has 3 nitrogen and oxygen atoms in total. The van der Waals surface area contributed by atoms with Crippen LogP contribution >= 0.6 is 31.9 Å². The lowest BCUT2D eigenvalue weighted by Crippen LogP contribution is -2.07. The Morgan fingerprint density at radius 2 is 1.86 bits per heavy atom. The van der Waals surface area contributed by atoms with Crippen LogP contribution in [0.2, 0.25) is 0 Å². The smallest absolute Gasteiger partial charge is 0.199 e. The van der Waals surface area contributed by atoms with Crippen molar-refractivity contribution in [2.75, 3.05) is 14.2 Å². The highest BCUT2D eigenvalue weighted by Gasteiger charge is 2.22. The van der Waals surface area contributed by atoms with Gasteiger partial charge < -0.3 is 9.47 Å². The van der Waals surface area contributed by atoms with Gasteiger partial charge in [-0.05, 0) is 50.1 Å². The molecule has 0 aliphatic carbocycles. The molecular weight excluding hydrogens is 407 g/mol. The van der Waals surface area contributed by atoms with Crippen molar-refractivity contribution in [2.24, 2.45) is 0 Å². The van der Waals surface area contributed by atoms with Gasteiger partial charge in [0.15, 0.2) is 5.78 Å². The average Bonchev–Trinajstić information content (AvgIpc) is 2.48. The Hall–Kier alpha value is -1.40. The first-order valence-electron chi connectivity index (χ1n) is 5.89. The summed E-state index contributed by atoms with van der Waals surface area (Å²) in [6.45, 7) is 0. The van der Waals surface area contributed by atoms with E-state index in [0.717, 1.165) is 0 Å². The van der Waals surface area contributed by atoms with Gasteiger partial charge in [-0.3, -0.25) is 4.79 Å². The third-order valence-electron chi connectivity index (χ3n) is 2.91. The summed E-state index contributed by atoms with van der Waals surface area (Å²) in [5, 5.41) is 0. The van der Waals surface area contributed by atoms with E-state index < -0.39 is 5.82 Å². The number of halogens is 3. The van der Waals surface area contributed by atoms with Crippen LogP contribution in [0.15, 0.2) is 39.3 Å². The molecule has 0 N–H and O–H groups in total. The second kappa shape index (κ2) is 6.58. The summed E-state index contributed by atoms with van der Waals surface area (Å²) >= 11 is 6.43. The number of hydrogen-bond donors (Lipinski definition) is 0. The van der Waals surface area contributed by atoms with Crippen molar-refractivity contribution in [1.29, 1.82) is 0 Å². The molecule has 0 aromatic heterocycles. The molecule has 0 fully saturated rings. The Kier molecular flexibility index (Phi) is 5.00. The SMILES string of the molecule is COc1cc(Br)c(C(=O)c2cccc(F)c2Br)c(OC)c1. The van der Waals surface area contributed by atoms with Crippen LogP contribution < -0.4 is 9.47 Å². The Morgan fingerprint density at radius 3 is 2.48 bits per heavy atom. The number of rotatable bonds is 4. The molecular formula is C15H11Br2FO3. The number of carbonyl (C=O) groups is 1. The van der Waals surface area contributed by atoms with Crippen LogP contribution in [-0.2, 0) is 0 Å². The van der Waals surface area contributed by atoms with Crippen LogP contribution in [0, 0.1) is 5.82 Å². The molecule has 21 heavy (non-hydrogen) atoms. The van der Waals surface area contributed by atoms with E-state index in [1.54, 1.807) is 18.2 Å². The summed E-state index contributed by atoms with van der Waals surface area (Å²) in [7, 11) is 2.98. The molecule has 110 valence electrons. The molecule has 0 saturated carbocycles. The van der Waals surface area contributed by atoms with Crippen LogP contribution in [0.1, 0.15) is 15.9 Å². The Bertz CT molecular complexity index is 702. The van der Waals surface area contributed by atoms with Gasteiger partial charge in [-0.15, -0.1) is 0 Å². The van der Waals surface area contributed by atoms with E-state index in [1.807, 2.05) is 0 Å². The molecule has 0 heterocycles. The molecule has 0 aliphatic heterocycles. The van der Waals surface area contributed by atoms with E-state index in [0.29, 0.717) is 21.5 Å². The fraction of sp³-hybridized carbons (Fsp3) is 0.133. The molecule has 0 unspecified atom stereocenters. The highest BCUT2D eigenvalue weighted by atomic mass is 79.9. The molecule has 6 heteroatoms. The second-order valence-electron chi connectivity index (χ2n) is 4.12. The van der Waals surface area contributed by atoms with E-state index >= 15 is 0 Å². The van der Waals surface area contributed by atoms with Crippen LogP contribution in [0.25, 0.3) is 0 Å². The molecule has 0 radical (unpaired) electrons. The lowest BCUT2D eigenvalue weighted by atomic mass is 10.0. The predicted molar refractivity (Wildman–Crippen MR) is 84.8 cm³/mol. The first-order valence-corrected chi connectivity index (χ1v) is 7.48. The summed E-state index contributed by atoms with van der Waals surface area (Å²) in [6, 6.07) is 7.57. The van der Waals surface area contributed by atoms with Crippen LogP contribution in [0.3, 0.4) is 0 Å². The fourth-order valence-electron chi connectivity index (χ4n) is 1.87. The standard InChI is InChI=1S/C15H11Br2FO3/c1-20-8-6-10(16)13(12(7-8)21-2)15(19)9-4-3-5-11(18)14(9)17/h3-7H,1-2H3. The first kappa shape index (κ1) is 16.0. The van der Waals surface area contributed by atoms with E-state index in [1.165, 1.54) is 26.4 Å². The number of carbonyl (C=O) groups excluding carboxylic acids is 1. The summed E-state index contributed by atoms with van der Waals surface area (Å²) in [4.78, 5) is 12.7. The molecule has 0 amide bonds. The molecule has 2 aromatic carbocycles. The largest absolute Gasteiger partial charge is 0.497 e. The van der Waals surface area contributed by atoms with E-state index in [9.17, 15) is 9.18 Å². The van der Waals surface area contributed by atoms with Gasteiger partial charge in [0.25, 0.3) is 0 Å². The Balaban J connectivity index is 2.60. The monoisotopic (exact) mass is 416 g/mol. The van der Waals surface area contributed by atoms with Gasteiger partial charge in [0, 0.05) is 16.1 Å². The number of benzene rings is 2. The zero-order valence-corrected chi connectivity index (χ0v) is 14.4. The number of methoxy groups -OCH3 is 2. The van der Waals surface area contributed by atoms with Crippen molar-refractivity contribution in [3.8, 4) is 11.5 Å². The fourth-order valence-corrected chi connectivity index (χ4v) is 2.92.